The molecule has 0 aromatic carbocycles. The summed E-state index contributed by atoms with van der Waals surface area (Å²) in [4.78, 5) is 38.1. The van der Waals surface area contributed by atoms with E-state index in [1.54, 1.807) is 0 Å². The van der Waals surface area contributed by atoms with Crippen LogP contribution >= 0.6 is 0 Å². The lowest BCUT2D eigenvalue weighted by Crippen LogP contribution is -2.30. The third-order valence-electron chi connectivity index (χ3n) is 15.3. The highest BCUT2D eigenvalue weighted by Gasteiger charge is 2.19. The second kappa shape index (κ2) is 66.6. The van der Waals surface area contributed by atoms with E-state index in [0.29, 0.717) is 19.3 Å². The zero-order valence-corrected chi connectivity index (χ0v) is 52.2. The van der Waals surface area contributed by atoms with Crippen LogP contribution in [0.15, 0.2) is 60.8 Å². The highest BCUT2D eigenvalue weighted by Crippen LogP contribution is 2.18. The average molecular weight is 1090 g/mol. The Hall–Kier alpha value is -2.89. The number of rotatable bonds is 63. The van der Waals surface area contributed by atoms with E-state index in [9.17, 15) is 14.4 Å². The van der Waals surface area contributed by atoms with Gasteiger partial charge in [-0.2, -0.15) is 0 Å². The molecule has 0 saturated carbocycles. The summed E-state index contributed by atoms with van der Waals surface area (Å²) in [5.41, 5.74) is 0. The summed E-state index contributed by atoms with van der Waals surface area (Å²) in [6, 6.07) is 0. The van der Waals surface area contributed by atoms with Crippen LogP contribution < -0.4 is 0 Å². The topological polar surface area (TPSA) is 78.9 Å². The molecule has 454 valence electrons. The fraction of sp³-hybridized carbons (Fsp3) is 0.819. The van der Waals surface area contributed by atoms with Crippen molar-refractivity contribution in [1.29, 1.82) is 0 Å². The summed E-state index contributed by atoms with van der Waals surface area (Å²) in [7, 11) is 0. The smallest absolute Gasteiger partial charge is 0.306 e. The van der Waals surface area contributed by atoms with Crippen molar-refractivity contribution in [2.45, 2.75) is 367 Å². The molecule has 0 N–H and O–H groups in total. The zero-order chi connectivity index (χ0) is 56.4. The van der Waals surface area contributed by atoms with Crippen molar-refractivity contribution >= 4 is 17.9 Å². The lowest BCUT2D eigenvalue weighted by Gasteiger charge is -2.18. The van der Waals surface area contributed by atoms with Crippen molar-refractivity contribution in [2.75, 3.05) is 13.2 Å². The van der Waals surface area contributed by atoms with Crippen LogP contribution in [-0.2, 0) is 28.6 Å². The number of carbonyl (C=O) groups is 3. The molecule has 6 heteroatoms. The Morgan fingerprint density at radius 1 is 0.269 bits per heavy atom. The molecule has 78 heavy (non-hydrogen) atoms. The molecule has 0 fully saturated rings. The second-order valence-electron chi connectivity index (χ2n) is 23.1. The third kappa shape index (κ3) is 63.9. The minimum atomic E-state index is -0.774. The number of unbranched alkanes of at least 4 members (excludes halogenated alkanes) is 42. The van der Waals surface area contributed by atoms with Crippen LogP contribution in [0.25, 0.3) is 0 Å². The number of allylic oxidation sites excluding steroid dienone is 10. The molecule has 0 rings (SSSR count). The van der Waals surface area contributed by atoms with E-state index in [1.165, 1.54) is 225 Å². The highest BCUT2D eigenvalue weighted by molar-refractivity contribution is 5.71. The van der Waals surface area contributed by atoms with E-state index in [1.807, 2.05) is 0 Å². The van der Waals surface area contributed by atoms with E-state index in [2.05, 4.69) is 81.5 Å². The van der Waals surface area contributed by atoms with Crippen LogP contribution in [0.4, 0.5) is 0 Å². The van der Waals surface area contributed by atoms with Gasteiger partial charge in [0.2, 0.25) is 0 Å². The molecule has 0 aliphatic heterocycles. The molecule has 0 spiro atoms. The second-order valence-corrected chi connectivity index (χ2v) is 23.1. The van der Waals surface area contributed by atoms with Gasteiger partial charge in [-0.3, -0.25) is 14.4 Å². The van der Waals surface area contributed by atoms with Crippen LogP contribution in [0.5, 0.6) is 0 Å². The van der Waals surface area contributed by atoms with Gasteiger partial charge in [-0.15, -0.1) is 0 Å². The first-order valence-electron chi connectivity index (χ1n) is 34.3. The SMILES string of the molecule is CC/C=C\C/C=C\C/C=C\C/C=C\C/C=C\CCCCCCCCCCCC(=O)OC(COC(=O)CCCCCCCCC)COC(=O)CCCCCCCCCCCCCCCCCCCCCCCCCCCCCC. The monoisotopic (exact) mass is 1090 g/mol. The maximum Gasteiger partial charge on any atom is 0.306 e. The maximum atomic E-state index is 12.9. The molecule has 0 aliphatic rings. The van der Waals surface area contributed by atoms with Gasteiger partial charge in [0, 0.05) is 19.3 Å². The van der Waals surface area contributed by atoms with E-state index >= 15 is 0 Å². The molecular weight excluding hydrogens is 961 g/mol. The van der Waals surface area contributed by atoms with Crippen molar-refractivity contribution in [1.82, 2.24) is 0 Å². The molecule has 0 saturated heterocycles. The quantitative estimate of drug-likeness (QED) is 0.0261. The zero-order valence-electron chi connectivity index (χ0n) is 52.2. The highest BCUT2D eigenvalue weighted by atomic mass is 16.6. The van der Waals surface area contributed by atoms with E-state index in [0.717, 1.165) is 96.3 Å². The van der Waals surface area contributed by atoms with Crippen molar-refractivity contribution in [3.8, 4) is 0 Å². The predicted octanol–water partition coefficient (Wildman–Crippen LogP) is 23.5. The summed E-state index contributed by atoms with van der Waals surface area (Å²) in [6.07, 6.45) is 85.6. The molecular formula is C72H130O6. The first-order chi connectivity index (χ1) is 38.5. The van der Waals surface area contributed by atoms with Crippen molar-refractivity contribution < 1.29 is 28.6 Å². The fourth-order valence-electron chi connectivity index (χ4n) is 10.2. The molecule has 0 aromatic heterocycles. The lowest BCUT2D eigenvalue weighted by molar-refractivity contribution is -0.167. The Balaban J connectivity index is 4.06. The minimum absolute atomic E-state index is 0.0723. The Morgan fingerprint density at radius 2 is 0.500 bits per heavy atom. The summed E-state index contributed by atoms with van der Waals surface area (Å²) in [5, 5.41) is 0. The van der Waals surface area contributed by atoms with Crippen LogP contribution in [0, 0.1) is 0 Å². The predicted molar refractivity (Wildman–Crippen MR) is 339 cm³/mol. The standard InChI is InChI=1S/C72H130O6/c1-4-7-10-13-16-18-20-22-24-26-28-30-32-34-35-36-38-39-41-43-45-47-49-51-53-56-59-62-65-71(74)77-68-69(67-76-70(73)64-61-58-55-15-12-9-6-3)78-72(75)66-63-60-57-54-52-50-48-46-44-42-40-37-33-31-29-27-25-23-21-19-17-14-11-8-5-2/h8,11,17,19,23,25,29,31,37,40,69H,4-7,9-10,12-16,18,20-22,24,26-28,30,32-36,38-39,41-68H2,1-3H3/b11-8-,19-17-,25-23-,31-29-,40-37-. The first kappa shape index (κ1) is 75.1. The number of hydrogen-bond acceptors (Lipinski definition) is 6. The lowest BCUT2D eigenvalue weighted by atomic mass is 10.0. The van der Waals surface area contributed by atoms with Crippen LogP contribution in [-0.4, -0.2) is 37.2 Å². The summed E-state index contributed by atoms with van der Waals surface area (Å²) < 4.78 is 16.9. The molecule has 1 atom stereocenters. The number of esters is 3. The van der Waals surface area contributed by atoms with Gasteiger partial charge in [-0.25, -0.2) is 0 Å². The van der Waals surface area contributed by atoms with Gasteiger partial charge in [0.1, 0.15) is 13.2 Å². The van der Waals surface area contributed by atoms with Crippen LogP contribution in [0.3, 0.4) is 0 Å². The molecule has 0 bridgehead atoms. The van der Waals surface area contributed by atoms with Gasteiger partial charge >= 0.3 is 17.9 Å². The summed E-state index contributed by atoms with van der Waals surface area (Å²) in [6.45, 7) is 6.53. The Morgan fingerprint density at radius 3 is 0.782 bits per heavy atom. The molecule has 0 radical (unpaired) electrons. The number of carbonyl (C=O) groups excluding carboxylic acids is 3. The van der Waals surface area contributed by atoms with Crippen molar-refractivity contribution in [3.05, 3.63) is 60.8 Å². The molecule has 6 nitrogen and oxygen atoms in total. The van der Waals surface area contributed by atoms with Gasteiger partial charge in [0.25, 0.3) is 0 Å². The number of hydrogen-bond donors (Lipinski definition) is 0. The molecule has 0 heterocycles. The van der Waals surface area contributed by atoms with Crippen molar-refractivity contribution in [2.24, 2.45) is 0 Å². The van der Waals surface area contributed by atoms with Crippen LogP contribution in [0.1, 0.15) is 361 Å². The van der Waals surface area contributed by atoms with Gasteiger partial charge in [0.05, 0.1) is 0 Å². The Labute approximate surface area is 485 Å². The van der Waals surface area contributed by atoms with Crippen molar-refractivity contribution in [3.63, 3.8) is 0 Å². The van der Waals surface area contributed by atoms with Gasteiger partial charge in [-0.1, -0.05) is 338 Å². The Bertz CT molecular complexity index is 1390. The fourth-order valence-corrected chi connectivity index (χ4v) is 10.2. The maximum absolute atomic E-state index is 12.9. The molecule has 0 aliphatic carbocycles. The first-order valence-corrected chi connectivity index (χ1v) is 34.3. The summed E-state index contributed by atoms with van der Waals surface area (Å²) >= 11 is 0. The normalized spacial score (nSPS) is 12.4. The summed E-state index contributed by atoms with van der Waals surface area (Å²) in [5.74, 6) is -0.866. The van der Waals surface area contributed by atoms with E-state index in [-0.39, 0.29) is 31.1 Å². The molecule has 0 amide bonds. The molecule has 1 unspecified atom stereocenters. The van der Waals surface area contributed by atoms with E-state index < -0.39 is 6.10 Å². The van der Waals surface area contributed by atoms with Gasteiger partial charge in [-0.05, 0) is 64.2 Å². The van der Waals surface area contributed by atoms with Gasteiger partial charge in [0.15, 0.2) is 6.10 Å². The average Bonchev–Trinajstić information content (AvgIpc) is 3.44. The number of ether oxygens (including phenoxy) is 3. The minimum Gasteiger partial charge on any atom is -0.462 e. The van der Waals surface area contributed by atoms with Gasteiger partial charge < -0.3 is 14.2 Å². The van der Waals surface area contributed by atoms with E-state index in [4.69, 9.17) is 14.2 Å². The Kier molecular flexibility index (Phi) is 64.2. The largest absolute Gasteiger partial charge is 0.462 e. The van der Waals surface area contributed by atoms with Crippen LogP contribution in [0.2, 0.25) is 0 Å². The third-order valence-corrected chi connectivity index (χ3v) is 15.3. The molecule has 0 aromatic rings.